The predicted molar refractivity (Wildman–Crippen MR) is 126 cm³/mol. The van der Waals surface area contributed by atoms with Crippen LogP contribution in [0.5, 0.6) is 0 Å². The Balaban J connectivity index is 1.40. The van der Waals surface area contributed by atoms with Gasteiger partial charge in [-0.25, -0.2) is 9.82 Å². The SMILES string of the molecule is Cc1c(C(=O)Nc2cccc3cccnc23)oc2c1/C(=N/NC(=O)c1ccc(F)cc1)CCC2. The van der Waals surface area contributed by atoms with Crippen LogP contribution in [-0.2, 0) is 6.42 Å². The van der Waals surface area contributed by atoms with Crippen LogP contribution in [0, 0.1) is 12.7 Å². The Bertz CT molecular complexity index is 1440. The highest BCUT2D eigenvalue weighted by molar-refractivity contribution is 6.11. The Morgan fingerprint density at radius 3 is 2.65 bits per heavy atom. The van der Waals surface area contributed by atoms with Gasteiger partial charge in [-0.05, 0) is 56.2 Å². The van der Waals surface area contributed by atoms with E-state index in [4.69, 9.17) is 4.42 Å². The lowest BCUT2D eigenvalue weighted by Gasteiger charge is -2.13. The van der Waals surface area contributed by atoms with Gasteiger partial charge in [-0.3, -0.25) is 14.6 Å². The molecule has 0 unspecified atom stereocenters. The Kier molecular flexibility index (Phi) is 5.63. The first-order valence-corrected chi connectivity index (χ1v) is 10.9. The molecule has 2 aromatic heterocycles. The van der Waals surface area contributed by atoms with E-state index >= 15 is 0 Å². The van der Waals surface area contributed by atoms with Gasteiger partial charge in [0.1, 0.15) is 11.6 Å². The summed E-state index contributed by atoms with van der Waals surface area (Å²) in [5, 5.41) is 8.13. The number of furan rings is 1. The minimum absolute atomic E-state index is 0.206. The fraction of sp³-hybridized carbons (Fsp3) is 0.154. The van der Waals surface area contributed by atoms with Crippen LogP contribution < -0.4 is 10.7 Å². The number of hydrazone groups is 1. The molecule has 0 bridgehead atoms. The van der Waals surface area contributed by atoms with E-state index in [0.717, 1.165) is 17.4 Å². The van der Waals surface area contributed by atoms with Crippen LogP contribution in [0.25, 0.3) is 10.9 Å². The largest absolute Gasteiger partial charge is 0.455 e. The number of para-hydroxylation sites is 1. The van der Waals surface area contributed by atoms with Crippen LogP contribution in [0.4, 0.5) is 10.1 Å². The predicted octanol–water partition coefficient (Wildman–Crippen LogP) is 5.00. The van der Waals surface area contributed by atoms with Crippen molar-refractivity contribution in [2.24, 2.45) is 5.10 Å². The van der Waals surface area contributed by atoms with Crippen molar-refractivity contribution in [1.82, 2.24) is 10.4 Å². The second-order valence-electron chi connectivity index (χ2n) is 8.05. The maximum absolute atomic E-state index is 13.1. The number of nitrogens with one attached hydrogen (secondary N) is 2. The molecule has 34 heavy (non-hydrogen) atoms. The molecule has 2 heterocycles. The summed E-state index contributed by atoms with van der Waals surface area (Å²) in [6, 6.07) is 14.6. The van der Waals surface area contributed by atoms with Crippen LogP contribution in [-0.4, -0.2) is 22.5 Å². The highest BCUT2D eigenvalue weighted by Crippen LogP contribution is 2.31. The third-order valence-corrected chi connectivity index (χ3v) is 5.81. The van der Waals surface area contributed by atoms with Gasteiger partial charge in [0.25, 0.3) is 11.8 Å². The number of hydrogen-bond acceptors (Lipinski definition) is 5. The van der Waals surface area contributed by atoms with E-state index < -0.39 is 11.7 Å². The van der Waals surface area contributed by atoms with Crippen LogP contribution in [0.2, 0.25) is 0 Å². The summed E-state index contributed by atoms with van der Waals surface area (Å²) in [6.45, 7) is 1.81. The number of hydrogen-bond donors (Lipinski definition) is 2. The summed E-state index contributed by atoms with van der Waals surface area (Å²) in [5.74, 6) is -0.363. The van der Waals surface area contributed by atoms with Gasteiger partial charge in [0.15, 0.2) is 5.76 Å². The first-order chi connectivity index (χ1) is 16.5. The van der Waals surface area contributed by atoms with E-state index in [9.17, 15) is 14.0 Å². The molecular formula is C26H21FN4O3. The van der Waals surface area contributed by atoms with E-state index in [2.05, 4.69) is 20.8 Å². The number of pyridine rings is 1. The molecule has 1 aliphatic rings. The second kappa shape index (κ2) is 8.90. The maximum Gasteiger partial charge on any atom is 0.291 e. The lowest BCUT2D eigenvalue weighted by atomic mass is 9.93. The number of benzene rings is 2. The van der Waals surface area contributed by atoms with Gasteiger partial charge in [-0.2, -0.15) is 5.10 Å². The molecule has 0 saturated heterocycles. The van der Waals surface area contributed by atoms with Crippen molar-refractivity contribution in [3.05, 3.63) is 94.8 Å². The number of anilines is 1. The second-order valence-corrected chi connectivity index (χ2v) is 8.05. The third-order valence-electron chi connectivity index (χ3n) is 5.81. The van der Waals surface area contributed by atoms with Gasteiger partial charge >= 0.3 is 0 Å². The van der Waals surface area contributed by atoms with Gasteiger partial charge in [-0.15, -0.1) is 0 Å². The van der Waals surface area contributed by atoms with E-state index in [1.165, 1.54) is 24.3 Å². The van der Waals surface area contributed by atoms with Crippen molar-refractivity contribution >= 4 is 34.1 Å². The van der Waals surface area contributed by atoms with Crippen molar-refractivity contribution in [2.75, 3.05) is 5.32 Å². The number of carbonyl (C=O) groups is 2. The van der Waals surface area contributed by atoms with Gasteiger partial charge in [0.2, 0.25) is 0 Å². The van der Waals surface area contributed by atoms with Gasteiger partial charge < -0.3 is 9.73 Å². The molecule has 0 atom stereocenters. The molecule has 170 valence electrons. The fourth-order valence-corrected chi connectivity index (χ4v) is 4.16. The molecule has 7 nitrogen and oxygen atoms in total. The molecule has 0 radical (unpaired) electrons. The Hall–Kier alpha value is -4.33. The first-order valence-electron chi connectivity index (χ1n) is 10.9. The van der Waals surface area contributed by atoms with Crippen LogP contribution >= 0.6 is 0 Å². The molecule has 0 aliphatic heterocycles. The highest BCUT2D eigenvalue weighted by atomic mass is 19.1. The molecule has 0 saturated carbocycles. The molecular weight excluding hydrogens is 435 g/mol. The molecule has 2 N–H and O–H groups in total. The summed E-state index contributed by atoms with van der Waals surface area (Å²) in [6.07, 6.45) is 3.76. The summed E-state index contributed by atoms with van der Waals surface area (Å²) in [5.41, 5.74) is 6.17. The molecule has 0 spiro atoms. The van der Waals surface area contributed by atoms with Crippen molar-refractivity contribution in [3.63, 3.8) is 0 Å². The Morgan fingerprint density at radius 2 is 1.82 bits per heavy atom. The molecule has 0 fully saturated rings. The van der Waals surface area contributed by atoms with E-state index in [1.807, 2.05) is 24.3 Å². The monoisotopic (exact) mass is 456 g/mol. The molecule has 2 amide bonds. The number of aromatic nitrogens is 1. The standard InChI is InChI=1S/C26H21FN4O3/c1-15-22-19(30-31-25(32)17-10-12-18(27)13-11-17)7-3-9-21(22)34-24(15)26(33)29-20-8-2-5-16-6-4-14-28-23(16)20/h2,4-6,8,10-14H,3,7,9H2,1H3,(H,29,33)(H,31,32)/b30-19+. The zero-order valence-electron chi connectivity index (χ0n) is 18.4. The number of nitrogens with zero attached hydrogens (tertiary/aromatic N) is 2. The summed E-state index contributed by atoms with van der Waals surface area (Å²) in [4.78, 5) is 29.9. The quantitative estimate of drug-likeness (QED) is 0.423. The number of rotatable bonds is 4. The fourth-order valence-electron chi connectivity index (χ4n) is 4.16. The minimum atomic E-state index is -0.442. The average molecular weight is 456 g/mol. The van der Waals surface area contributed by atoms with E-state index in [0.29, 0.717) is 46.6 Å². The Morgan fingerprint density at radius 1 is 1.03 bits per heavy atom. The average Bonchev–Trinajstić information content (AvgIpc) is 3.20. The van der Waals surface area contributed by atoms with Crippen LogP contribution in [0.1, 0.15) is 50.6 Å². The summed E-state index contributed by atoms with van der Waals surface area (Å²) >= 11 is 0. The summed E-state index contributed by atoms with van der Waals surface area (Å²) < 4.78 is 19.1. The zero-order chi connectivity index (χ0) is 23.7. The first kappa shape index (κ1) is 21.5. The number of amides is 2. The topological polar surface area (TPSA) is 96.6 Å². The van der Waals surface area contributed by atoms with E-state index in [-0.39, 0.29) is 11.7 Å². The smallest absolute Gasteiger partial charge is 0.291 e. The maximum atomic E-state index is 13.1. The molecule has 5 rings (SSSR count). The van der Waals surface area contributed by atoms with Gasteiger partial charge in [0.05, 0.1) is 16.9 Å². The van der Waals surface area contributed by atoms with Crippen molar-refractivity contribution < 1.29 is 18.4 Å². The number of aryl methyl sites for hydroxylation is 1. The molecule has 2 aromatic carbocycles. The van der Waals surface area contributed by atoms with Crippen LogP contribution in [0.15, 0.2) is 70.3 Å². The number of halogens is 1. The van der Waals surface area contributed by atoms with Crippen LogP contribution in [0.3, 0.4) is 0 Å². The highest BCUT2D eigenvalue weighted by Gasteiger charge is 2.28. The van der Waals surface area contributed by atoms with Crippen molar-refractivity contribution in [2.45, 2.75) is 26.2 Å². The third kappa shape index (κ3) is 4.05. The molecule has 4 aromatic rings. The number of carbonyl (C=O) groups excluding carboxylic acids is 2. The molecule has 1 aliphatic carbocycles. The lowest BCUT2D eigenvalue weighted by molar-refractivity contribution is 0.0953. The van der Waals surface area contributed by atoms with Gasteiger partial charge in [0, 0.05) is 34.7 Å². The summed E-state index contributed by atoms with van der Waals surface area (Å²) in [7, 11) is 0. The Labute approximate surface area is 194 Å². The zero-order valence-corrected chi connectivity index (χ0v) is 18.4. The normalized spacial score (nSPS) is 14.1. The number of fused-ring (bicyclic) bond motifs is 2. The van der Waals surface area contributed by atoms with E-state index in [1.54, 1.807) is 19.2 Å². The van der Waals surface area contributed by atoms with Gasteiger partial charge in [-0.1, -0.05) is 18.2 Å². The lowest BCUT2D eigenvalue weighted by Crippen LogP contribution is -2.22. The van der Waals surface area contributed by atoms with Crippen molar-refractivity contribution in [1.29, 1.82) is 0 Å². The molecule has 8 heteroatoms. The van der Waals surface area contributed by atoms with Crippen molar-refractivity contribution in [3.8, 4) is 0 Å². The minimum Gasteiger partial charge on any atom is -0.455 e.